The van der Waals surface area contributed by atoms with E-state index in [1.165, 1.54) is 0 Å². The molecule has 0 bridgehead atoms. The Hall–Kier alpha value is -0.730. The maximum Gasteiger partial charge on any atom is 0.0658 e. The number of hydrogen-bond donors (Lipinski definition) is 2. The van der Waals surface area contributed by atoms with Gasteiger partial charge in [0.2, 0.25) is 0 Å². The molecule has 0 aliphatic rings. The lowest BCUT2D eigenvalue weighted by Crippen LogP contribution is -2.39. The summed E-state index contributed by atoms with van der Waals surface area (Å²) in [5, 5.41) is 13.6. The van der Waals surface area contributed by atoms with Crippen LogP contribution in [0.15, 0.2) is 24.3 Å². The molecular weight excluding hydrogens is 234 g/mol. The maximum absolute atomic E-state index is 9.54. The van der Waals surface area contributed by atoms with Crippen LogP contribution in [0.4, 0.5) is 5.69 Å². The lowest BCUT2D eigenvalue weighted by Gasteiger charge is -2.31. The van der Waals surface area contributed by atoms with E-state index in [0.29, 0.717) is 10.9 Å². The molecule has 1 aromatic rings. The highest BCUT2D eigenvalue weighted by Gasteiger charge is 2.23. The second-order valence-corrected chi connectivity index (χ2v) is 5.66. The average molecular weight is 256 g/mol. The van der Waals surface area contributed by atoms with Crippen LogP contribution in [0.25, 0.3) is 0 Å². The monoisotopic (exact) mass is 255 g/mol. The first-order chi connectivity index (χ1) is 7.97. The van der Waals surface area contributed by atoms with Crippen molar-refractivity contribution in [2.24, 2.45) is 5.92 Å². The van der Waals surface area contributed by atoms with Crippen molar-refractivity contribution in [2.45, 2.75) is 39.2 Å². The Bertz CT molecular complexity index is 354. The van der Waals surface area contributed by atoms with Crippen LogP contribution in [0.1, 0.15) is 33.6 Å². The molecule has 0 aliphatic heterocycles. The van der Waals surface area contributed by atoms with Crippen LogP contribution in [0.3, 0.4) is 0 Å². The summed E-state index contributed by atoms with van der Waals surface area (Å²) in [7, 11) is 0. The molecule has 0 spiro atoms. The quantitative estimate of drug-likeness (QED) is 0.807. The Morgan fingerprint density at radius 1 is 1.35 bits per heavy atom. The Morgan fingerprint density at radius 3 is 2.53 bits per heavy atom. The summed E-state index contributed by atoms with van der Waals surface area (Å²) in [4.78, 5) is 0. The van der Waals surface area contributed by atoms with Gasteiger partial charge in [0.25, 0.3) is 0 Å². The van der Waals surface area contributed by atoms with Gasteiger partial charge in [-0.2, -0.15) is 0 Å². The summed E-state index contributed by atoms with van der Waals surface area (Å²) >= 11 is 6.11. The van der Waals surface area contributed by atoms with Crippen LogP contribution in [-0.4, -0.2) is 17.3 Å². The zero-order valence-electron chi connectivity index (χ0n) is 10.8. The standard InChI is InChI=1S/C14H22ClNO/c1-11(2)8-9-14(3,10-17)16-13-7-5-4-6-12(13)15/h4-7,11,16-17H,8-10H2,1-3H3. The third kappa shape index (κ3) is 4.57. The van der Waals surface area contributed by atoms with Crippen molar-refractivity contribution in [2.75, 3.05) is 11.9 Å². The first-order valence-electron chi connectivity index (χ1n) is 6.10. The van der Waals surface area contributed by atoms with Gasteiger partial charge in [0.05, 0.1) is 22.9 Å². The summed E-state index contributed by atoms with van der Waals surface area (Å²) in [6.07, 6.45) is 2.00. The minimum atomic E-state index is -0.310. The molecule has 0 aromatic heterocycles. The number of anilines is 1. The molecule has 0 fully saturated rings. The van der Waals surface area contributed by atoms with Crippen molar-refractivity contribution in [3.05, 3.63) is 29.3 Å². The van der Waals surface area contributed by atoms with E-state index in [0.717, 1.165) is 18.5 Å². The summed E-state index contributed by atoms with van der Waals surface area (Å²) in [6.45, 7) is 6.50. The molecule has 96 valence electrons. The Morgan fingerprint density at radius 2 is 2.00 bits per heavy atom. The molecule has 0 amide bonds. The molecular formula is C14H22ClNO. The highest BCUT2D eigenvalue weighted by atomic mass is 35.5. The molecule has 1 aromatic carbocycles. The highest BCUT2D eigenvalue weighted by molar-refractivity contribution is 6.33. The zero-order valence-corrected chi connectivity index (χ0v) is 11.6. The fourth-order valence-electron chi connectivity index (χ4n) is 1.68. The first kappa shape index (κ1) is 14.3. The third-order valence-electron chi connectivity index (χ3n) is 2.93. The van der Waals surface area contributed by atoms with E-state index in [9.17, 15) is 5.11 Å². The van der Waals surface area contributed by atoms with Crippen LogP contribution in [0.5, 0.6) is 0 Å². The van der Waals surface area contributed by atoms with Crippen molar-refractivity contribution in [3.63, 3.8) is 0 Å². The number of hydrogen-bond acceptors (Lipinski definition) is 2. The van der Waals surface area contributed by atoms with Gasteiger partial charge in [-0.15, -0.1) is 0 Å². The van der Waals surface area contributed by atoms with E-state index in [2.05, 4.69) is 19.2 Å². The molecule has 0 aliphatic carbocycles. The van der Waals surface area contributed by atoms with E-state index in [4.69, 9.17) is 11.6 Å². The lowest BCUT2D eigenvalue weighted by molar-refractivity contribution is 0.208. The minimum absolute atomic E-state index is 0.102. The Kier molecular flexibility index (Phi) is 5.29. The van der Waals surface area contributed by atoms with E-state index in [-0.39, 0.29) is 12.1 Å². The Balaban J connectivity index is 2.71. The average Bonchev–Trinajstić information content (AvgIpc) is 2.30. The molecule has 0 radical (unpaired) electrons. The normalized spacial score (nSPS) is 14.7. The third-order valence-corrected chi connectivity index (χ3v) is 3.26. The second-order valence-electron chi connectivity index (χ2n) is 5.26. The molecule has 1 unspecified atom stereocenters. The SMILES string of the molecule is CC(C)CCC(C)(CO)Nc1ccccc1Cl. The molecule has 17 heavy (non-hydrogen) atoms. The molecule has 3 heteroatoms. The summed E-state index contributed by atoms with van der Waals surface area (Å²) < 4.78 is 0. The number of aliphatic hydroxyl groups is 1. The zero-order chi connectivity index (χ0) is 12.9. The smallest absolute Gasteiger partial charge is 0.0658 e. The van der Waals surface area contributed by atoms with Gasteiger partial charge in [0.15, 0.2) is 0 Å². The predicted octanol–water partition coefficient (Wildman–Crippen LogP) is 3.94. The highest BCUT2D eigenvalue weighted by Crippen LogP contribution is 2.27. The van der Waals surface area contributed by atoms with Gasteiger partial charge in [-0.25, -0.2) is 0 Å². The predicted molar refractivity (Wildman–Crippen MR) is 74.6 cm³/mol. The Labute approximate surface area is 109 Å². The molecule has 0 heterocycles. The van der Waals surface area contributed by atoms with Gasteiger partial charge in [0, 0.05) is 0 Å². The van der Waals surface area contributed by atoms with Gasteiger partial charge in [0.1, 0.15) is 0 Å². The van der Waals surface area contributed by atoms with E-state index < -0.39 is 0 Å². The van der Waals surface area contributed by atoms with E-state index in [1.807, 2.05) is 31.2 Å². The van der Waals surface area contributed by atoms with Crippen molar-refractivity contribution in [1.29, 1.82) is 0 Å². The second kappa shape index (κ2) is 6.27. The molecule has 1 rings (SSSR count). The van der Waals surface area contributed by atoms with Gasteiger partial charge in [-0.3, -0.25) is 0 Å². The lowest BCUT2D eigenvalue weighted by atomic mass is 9.92. The molecule has 2 nitrogen and oxygen atoms in total. The van der Waals surface area contributed by atoms with Crippen LogP contribution in [-0.2, 0) is 0 Å². The summed E-state index contributed by atoms with van der Waals surface area (Å²) in [5.41, 5.74) is 0.574. The van der Waals surface area contributed by atoms with Gasteiger partial charge in [-0.1, -0.05) is 37.6 Å². The van der Waals surface area contributed by atoms with E-state index >= 15 is 0 Å². The fraction of sp³-hybridized carbons (Fsp3) is 0.571. The van der Waals surface area contributed by atoms with Gasteiger partial charge in [-0.05, 0) is 37.8 Å². The van der Waals surface area contributed by atoms with Crippen LogP contribution in [0, 0.1) is 5.92 Å². The maximum atomic E-state index is 9.54. The molecule has 0 saturated carbocycles. The largest absolute Gasteiger partial charge is 0.394 e. The number of aliphatic hydroxyl groups excluding tert-OH is 1. The number of para-hydroxylation sites is 1. The van der Waals surface area contributed by atoms with Crippen molar-refractivity contribution in [1.82, 2.24) is 0 Å². The van der Waals surface area contributed by atoms with Gasteiger partial charge >= 0.3 is 0 Å². The van der Waals surface area contributed by atoms with Crippen molar-refractivity contribution >= 4 is 17.3 Å². The summed E-state index contributed by atoms with van der Waals surface area (Å²) in [6, 6.07) is 7.63. The molecule has 2 N–H and O–H groups in total. The fourth-order valence-corrected chi connectivity index (χ4v) is 1.86. The van der Waals surface area contributed by atoms with Crippen molar-refractivity contribution in [3.8, 4) is 0 Å². The van der Waals surface area contributed by atoms with Gasteiger partial charge < -0.3 is 10.4 Å². The van der Waals surface area contributed by atoms with Crippen molar-refractivity contribution < 1.29 is 5.11 Å². The molecule has 1 atom stereocenters. The van der Waals surface area contributed by atoms with Crippen LogP contribution < -0.4 is 5.32 Å². The van der Waals surface area contributed by atoms with Crippen LogP contribution in [0.2, 0.25) is 5.02 Å². The number of benzene rings is 1. The summed E-state index contributed by atoms with van der Waals surface area (Å²) in [5.74, 6) is 0.633. The molecule has 0 saturated heterocycles. The van der Waals surface area contributed by atoms with E-state index in [1.54, 1.807) is 0 Å². The number of halogens is 1. The first-order valence-corrected chi connectivity index (χ1v) is 6.48. The number of nitrogens with one attached hydrogen (secondary N) is 1. The minimum Gasteiger partial charge on any atom is -0.394 e. The topological polar surface area (TPSA) is 32.3 Å². The number of rotatable bonds is 6. The van der Waals surface area contributed by atoms with Crippen LogP contribution >= 0.6 is 11.6 Å².